The molecule has 134 valence electrons. The number of benzene rings is 2. The highest BCUT2D eigenvalue weighted by atomic mass is 79.9. The van der Waals surface area contributed by atoms with Crippen molar-refractivity contribution in [3.63, 3.8) is 0 Å². The van der Waals surface area contributed by atoms with E-state index in [0.717, 1.165) is 45.3 Å². The van der Waals surface area contributed by atoms with Crippen molar-refractivity contribution in [2.24, 2.45) is 0 Å². The molecular formula is C21H20BrClN2O. The number of pyridine rings is 1. The number of hydrogen-bond donors (Lipinski definition) is 0. The van der Waals surface area contributed by atoms with Gasteiger partial charge >= 0.3 is 0 Å². The zero-order chi connectivity index (χ0) is 18.4. The molecule has 0 saturated carbocycles. The first-order valence-corrected chi connectivity index (χ1v) is 9.64. The molecule has 3 aromatic rings. The third-order valence-electron chi connectivity index (χ3n) is 4.02. The van der Waals surface area contributed by atoms with E-state index in [4.69, 9.17) is 16.3 Å². The first-order chi connectivity index (χ1) is 12.7. The van der Waals surface area contributed by atoms with E-state index in [-0.39, 0.29) is 0 Å². The van der Waals surface area contributed by atoms with Crippen molar-refractivity contribution in [3.05, 3.63) is 87.5 Å². The number of aromatic nitrogens is 1. The number of ether oxygens (including phenoxy) is 1. The molecule has 5 heteroatoms. The van der Waals surface area contributed by atoms with Crippen molar-refractivity contribution < 1.29 is 4.74 Å². The molecule has 0 N–H and O–H groups in total. The Morgan fingerprint density at radius 3 is 2.69 bits per heavy atom. The summed E-state index contributed by atoms with van der Waals surface area (Å²) in [5, 5.41) is 0.717. The molecule has 0 atom stereocenters. The molecular weight excluding hydrogens is 412 g/mol. The van der Waals surface area contributed by atoms with Gasteiger partial charge in [-0.15, -0.1) is 0 Å². The predicted octanol–water partition coefficient (Wildman–Crippen LogP) is 6.10. The van der Waals surface area contributed by atoms with Crippen LogP contribution in [0.4, 0.5) is 5.82 Å². The minimum Gasteiger partial charge on any atom is -0.489 e. The Morgan fingerprint density at radius 1 is 1.08 bits per heavy atom. The molecule has 2 aromatic carbocycles. The molecule has 0 fully saturated rings. The molecule has 26 heavy (non-hydrogen) atoms. The maximum absolute atomic E-state index is 6.09. The fourth-order valence-electron chi connectivity index (χ4n) is 2.70. The first-order valence-electron chi connectivity index (χ1n) is 8.47. The predicted molar refractivity (Wildman–Crippen MR) is 111 cm³/mol. The topological polar surface area (TPSA) is 25.4 Å². The van der Waals surface area contributed by atoms with Crippen LogP contribution < -0.4 is 9.64 Å². The summed E-state index contributed by atoms with van der Waals surface area (Å²) in [4.78, 5) is 6.68. The van der Waals surface area contributed by atoms with Gasteiger partial charge in [0.05, 0.1) is 0 Å². The van der Waals surface area contributed by atoms with Gasteiger partial charge in [-0.25, -0.2) is 4.98 Å². The van der Waals surface area contributed by atoms with Crippen LogP contribution in [0.25, 0.3) is 0 Å². The number of nitrogens with zero attached hydrogens (tertiary/aromatic N) is 2. The molecule has 0 saturated heterocycles. The van der Waals surface area contributed by atoms with E-state index in [1.807, 2.05) is 60.8 Å². The summed E-state index contributed by atoms with van der Waals surface area (Å²) in [6.45, 7) is 4.18. The Labute approximate surface area is 167 Å². The molecule has 3 rings (SSSR count). The summed E-state index contributed by atoms with van der Waals surface area (Å²) < 4.78 is 7.12. The Morgan fingerprint density at radius 2 is 1.96 bits per heavy atom. The van der Waals surface area contributed by atoms with E-state index < -0.39 is 0 Å². The molecule has 0 radical (unpaired) electrons. The second kappa shape index (κ2) is 9.06. The van der Waals surface area contributed by atoms with Crippen molar-refractivity contribution in [2.75, 3.05) is 11.4 Å². The Hall–Kier alpha value is -2.04. The van der Waals surface area contributed by atoms with E-state index in [1.165, 1.54) is 0 Å². The van der Waals surface area contributed by atoms with E-state index in [1.54, 1.807) is 0 Å². The van der Waals surface area contributed by atoms with Gasteiger partial charge in [0.25, 0.3) is 0 Å². The van der Waals surface area contributed by atoms with Gasteiger partial charge in [-0.3, -0.25) is 0 Å². The second-order valence-corrected chi connectivity index (χ2v) is 7.22. The van der Waals surface area contributed by atoms with Gasteiger partial charge in [0, 0.05) is 34.3 Å². The third kappa shape index (κ3) is 4.99. The van der Waals surface area contributed by atoms with Crippen LogP contribution in [0.15, 0.2) is 71.3 Å². The molecule has 3 nitrogen and oxygen atoms in total. The molecule has 0 aliphatic rings. The lowest BCUT2D eigenvalue weighted by atomic mass is 10.1. The number of hydrogen-bond acceptors (Lipinski definition) is 3. The Kier molecular flexibility index (Phi) is 6.53. The zero-order valence-corrected chi connectivity index (χ0v) is 16.9. The lowest BCUT2D eigenvalue weighted by Crippen LogP contribution is -2.23. The zero-order valence-electron chi connectivity index (χ0n) is 14.5. The van der Waals surface area contributed by atoms with Crippen LogP contribution in [0.3, 0.4) is 0 Å². The van der Waals surface area contributed by atoms with Gasteiger partial charge in [0.2, 0.25) is 0 Å². The Balaban J connectivity index is 1.79. The molecule has 0 amide bonds. The molecule has 1 heterocycles. The van der Waals surface area contributed by atoms with Crippen LogP contribution in [0.5, 0.6) is 5.75 Å². The highest BCUT2D eigenvalue weighted by molar-refractivity contribution is 9.10. The lowest BCUT2D eigenvalue weighted by Gasteiger charge is -2.23. The minimum atomic E-state index is 0.477. The highest BCUT2D eigenvalue weighted by Crippen LogP contribution is 2.27. The van der Waals surface area contributed by atoms with Gasteiger partial charge in [-0.2, -0.15) is 0 Å². The second-order valence-electron chi connectivity index (χ2n) is 5.87. The van der Waals surface area contributed by atoms with Crippen molar-refractivity contribution in [1.29, 1.82) is 0 Å². The summed E-state index contributed by atoms with van der Waals surface area (Å²) in [5.74, 6) is 1.82. The van der Waals surface area contributed by atoms with Gasteiger partial charge in [0.1, 0.15) is 18.2 Å². The average Bonchev–Trinajstić information content (AvgIpc) is 2.66. The van der Waals surface area contributed by atoms with Crippen LogP contribution in [0, 0.1) is 0 Å². The number of rotatable bonds is 7. The van der Waals surface area contributed by atoms with Gasteiger partial charge in [-0.1, -0.05) is 45.7 Å². The lowest BCUT2D eigenvalue weighted by molar-refractivity contribution is 0.302. The molecule has 0 aliphatic heterocycles. The fourth-order valence-corrected chi connectivity index (χ4v) is 3.32. The minimum absolute atomic E-state index is 0.477. The van der Waals surface area contributed by atoms with Crippen molar-refractivity contribution in [1.82, 2.24) is 4.98 Å². The molecule has 0 spiro atoms. The summed E-state index contributed by atoms with van der Waals surface area (Å²) in [6.07, 6.45) is 1.81. The Bertz CT molecular complexity index is 858. The van der Waals surface area contributed by atoms with Crippen LogP contribution in [-0.2, 0) is 13.2 Å². The van der Waals surface area contributed by atoms with E-state index in [2.05, 4.69) is 38.8 Å². The van der Waals surface area contributed by atoms with Gasteiger partial charge < -0.3 is 9.64 Å². The van der Waals surface area contributed by atoms with Crippen LogP contribution in [-0.4, -0.2) is 11.5 Å². The smallest absolute Gasteiger partial charge is 0.128 e. The molecule has 0 unspecified atom stereocenters. The first kappa shape index (κ1) is 18.7. The SMILES string of the molecule is CCN(Cc1cc(Br)ccc1OCc1cccc(Cl)c1)c1ccccn1. The highest BCUT2D eigenvalue weighted by Gasteiger charge is 2.11. The van der Waals surface area contributed by atoms with Crippen LogP contribution >= 0.6 is 27.5 Å². The van der Waals surface area contributed by atoms with Gasteiger partial charge in [-0.05, 0) is 55.0 Å². The molecule has 1 aromatic heterocycles. The largest absolute Gasteiger partial charge is 0.489 e. The van der Waals surface area contributed by atoms with Crippen LogP contribution in [0.2, 0.25) is 5.02 Å². The van der Waals surface area contributed by atoms with Crippen LogP contribution in [0.1, 0.15) is 18.1 Å². The number of halogens is 2. The normalized spacial score (nSPS) is 10.6. The van der Waals surface area contributed by atoms with Crippen molar-refractivity contribution in [2.45, 2.75) is 20.1 Å². The monoisotopic (exact) mass is 430 g/mol. The van der Waals surface area contributed by atoms with Gasteiger partial charge in [0.15, 0.2) is 0 Å². The van der Waals surface area contributed by atoms with E-state index in [0.29, 0.717) is 6.61 Å². The standard InChI is InChI=1S/C21H20BrClN2O/c1-2-25(21-8-3-4-11-24-21)14-17-13-18(22)9-10-20(17)26-15-16-6-5-7-19(23)12-16/h3-13H,2,14-15H2,1H3. The van der Waals surface area contributed by atoms with Crippen molar-refractivity contribution >= 4 is 33.3 Å². The third-order valence-corrected chi connectivity index (χ3v) is 4.75. The molecule has 0 aliphatic carbocycles. The maximum atomic E-state index is 6.09. The maximum Gasteiger partial charge on any atom is 0.128 e. The quantitative estimate of drug-likeness (QED) is 0.452. The van der Waals surface area contributed by atoms with E-state index >= 15 is 0 Å². The molecule has 0 bridgehead atoms. The fraction of sp³-hybridized carbons (Fsp3) is 0.190. The van der Waals surface area contributed by atoms with E-state index in [9.17, 15) is 0 Å². The summed E-state index contributed by atoms with van der Waals surface area (Å²) >= 11 is 9.62. The summed E-state index contributed by atoms with van der Waals surface area (Å²) in [7, 11) is 0. The summed E-state index contributed by atoms with van der Waals surface area (Å²) in [6, 6.07) is 19.8. The van der Waals surface area contributed by atoms with Crippen molar-refractivity contribution in [3.8, 4) is 5.75 Å². The summed E-state index contributed by atoms with van der Waals surface area (Å²) in [5.41, 5.74) is 2.15. The number of anilines is 1. The average molecular weight is 432 g/mol.